The first kappa shape index (κ1) is 12.7. The van der Waals surface area contributed by atoms with E-state index in [2.05, 4.69) is 34.5 Å². The normalized spacial score (nSPS) is 19.6. The van der Waals surface area contributed by atoms with Crippen molar-refractivity contribution in [1.82, 2.24) is 10.2 Å². The quantitative estimate of drug-likeness (QED) is 0.879. The molecule has 1 amide bonds. The lowest BCUT2D eigenvalue weighted by Crippen LogP contribution is -2.24. The summed E-state index contributed by atoms with van der Waals surface area (Å²) in [6.45, 7) is 4.17. The smallest absolute Gasteiger partial charge is 0.223 e. The summed E-state index contributed by atoms with van der Waals surface area (Å²) < 4.78 is 0. The lowest BCUT2D eigenvalue weighted by atomic mass is 10.1. The van der Waals surface area contributed by atoms with Gasteiger partial charge in [-0.05, 0) is 49.9 Å². The molecule has 1 N–H and O–H groups in total. The number of carbonyl (C=O) groups is 1. The molecule has 102 valence electrons. The maximum absolute atomic E-state index is 11.6. The van der Waals surface area contributed by atoms with Crippen LogP contribution in [0.2, 0.25) is 0 Å². The van der Waals surface area contributed by atoms with Crippen LogP contribution < -0.4 is 5.32 Å². The molecular weight excluding hydrogens is 236 g/mol. The van der Waals surface area contributed by atoms with Crippen LogP contribution in [0.15, 0.2) is 24.3 Å². The van der Waals surface area contributed by atoms with Crippen LogP contribution in [0.1, 0.15) is 36.8 Å². The molecule has 1 saturated carbocycles. The number of carbonyl (C=O) groups excluding carboxylic acids is 1. The minimum atomic E-state index is 0.227. The van der Waals surface area contributed by atoms with Crippen LogP contribution in [-0.2, 0) is 17.9 Å². The first-order valence-electron chi connectivity index (χ1n) is 7.39. The second-order valence-electron chi connectivity index (χ2n) is 5.80. The third-order valence-corrected chi connectivity index (χ3v) is 4.01. The van der Waals surface area contributed by atoms with Crippen molar-refractivity contribution in [3.63, 3.8) is 0 Å². The molecule has 3 heteroatoms. The zero-order valence-corrected chi connectivity index (χ0v) is 11.4. The van der Waals surface area contributed by atoms with Crippen molar-refractivity contribution in [3.05, 3.63) is 35.4 Å². The molecule has 19 heavy (non-hydrogen) atoms. The number of likely N-dealkylation sites (tertiary alicyclic amines) is 1. The Balaban J connectivity index is 1.54. The minimum absolute atomic E-state index is 0.227. The molecule has 0 aromatic heterocycles. The van der Waals surface area contributed by atoms with E-state index in [0.29, 0.717) is 12.5 Å². The summed E-state index contributed by atoms with van der Waals surface area (Å²) in [4.78, 5) is 14.1. The Hall–Kier alpha value is -1.35. The minimum Gasteiger partial charge on any atom is -0.352 e. The fourth-order valence-corrected chi connectivity index (χ4v) is 2.72. The van der Waals surface area contributed by atoms with Crippen LogP contribution in [0.5, 0.6) is 0 Å². The molecular formula is C16H22N2O. The molecule has 0 radical (unpaired) electrons. The topological polar surface area (TPSA) is 32.3 Å². The fraction of sp³-hybridized carbons (Fsp3) is 0.562. The van der Waals surface area contributed by atoms with Gasteiger partial charge in [-0.15, -0.1) is 0 Å². The monoisotopic (exact) mass is 258 g/mol. The molecule has 2 aliphatic rings. The molecule has 3 nitrogen and oxygen atoms in total. The van der Waals surface area contributed by atoms with Gasteiger partial charge in [0.1, 0.15) is 0 Å². The maximum Gasteiger partial charge on any atom is 0.223 e. The second-order valence-corrected chi connectivity index (χ2v) is 5.80. The number of hydrogen-bond donors (Lipinski definition) is 1. The Labute approximate surface area is 115 Å². The van der Waals surface area contributed by atoms with Gasteiger partial charge >= 0.3 is 0 Å². The van der Waals surface area contributed by atoms with E-state index in [4.69, 9.17) is 0 Å². The Morgan fingerprint density at radius 3 is 2.68 bits per heavy atom. The highest BCUT2D eigenvalue weighted by molar-refractivity contribution is 5.80. The van der Waals surface area contributed by atoms with Crippen LogP contribution in [0.3, 0.4) is 0 Å². The van der Waals surface area contributed by atoms with Crippen LogP contribution in [0.4, 0.5) is 0 Å². The number of rotatable bonds is 5. The summed E-state index contributed by atoms with van der Waals surface area (Å²) in [5, 5.41) is 3.03. The van der Waals surface area contributed by atoms with Gasteiger partial charge in [-0.3, -0.25) is 9.69 Å². The summed E-state index contributed by atoms with van der Waals surface area (Å²) in [5.74, 6) is 0.526. The molecule has 1 aromatic carbocycles. The standard InChI is InChI=1S/C16H22N2O/c19-16(15-6-7-15)17-11-13-4-3-5-14(10-13)12-18-8-1-2-9-18/h3-5,10,15H,1-2,6-9,11-12H2,(H,17,19). The number of nitrogens with one attached hydrogen (secondary N) is 1. The van der Waals surface area contributed by atoms with Crippen molar-refractivity contribution < 1.29 is 4.79 Å². The predicted octanol–water partition coefficient (Wildman–Crippen LogP) is 2.31. The van der Waals surface area contributed by atoms with Crippen LogP contribution in [-0.4, -0.2) is 23.9 Å². The van der Waals surface area contributed by atoms with Gasteiger partial charge in [-0.2, -0.15) is 0 Å². The molecule has 3 rings (SSSR count). The van der Waals surface area contributed by atoms with Gasteiger partial charge in [0.2, 0.25) is 5.91 Å². The molecule has 2 fully saturated rings. The molecule has 0 unspecified atom stereocenters. The Morgan fingerprint density at radius 2 is 1.95 bits per heavy atom. The van der Waals surface area contributed by atoms with E-state index in [1.54, 1.807) is 0 Å². The Morgan fingerprint density at radius 1 is 1.21 bits per heavy atom. The number of nitrogens with zero attached hydrogens (tertiary/aromatic N) is 1. The molecule has 0 atom stereocenters. The zero-order chi connectivity index (χ0) is 13.1. The van der Waals surface area contributed by atoms with E-state index in [9.17, 15) is 4.79 Å². The van der Waals surface area contributed by atoms with Gasteiger partial charge in [0.25, 0.3) is 0 Å². The lowest BCUT2D eigenvalue weighted by Gasteiger charge is -2.15. The van der Waals surface area contributed by atoms with Crippen molar-refractivity contribution >= 4 is 5.91 Å². The van der Waals surface area contributed by atoms with Crippen molar-refractivity contribution in [2.24, 2.45) is 5.92 Å². The van der Waals surface area contributed by atoms with E-state index in [1.807, 2.05) is 0 Å². The lowest BCUT2D eigenvalue weighted by molar-refractivity contribution is -0.122. The van der Waals surface area contributed by atoms with E-state index in [-0.39, 0.29) is 5.91 Å². The summed E-state index contributed by atoms with van der Waals surface area (Å²) in [6, 6.07) is 8.61. The van der Waals surface area contributed by atoms with Crippen molar-refractivity contribution in [2.75, 3.05) is 13.1 Å². The van der Waals surface area contributed by atoms with E-state index < -0.39 is 0 Å². The largest absolute Gasteiger partial charge is 0.352 e. The SMILES string of the molecule is O=C(NCc1cccc(CN2CCCC2)c1)C1CC1. The van der Waals surface area contributed by atoms with E-state index in [1.165, 1.54) is 37.1 Å². The zero-order valence-electron chi connectivity index (χ0n) is 11.4. The highest BCUT2D eigenvalue weighted by Crippen LogP contribution is 2.28. The average molecular weight is 258 g/mol. The van der Waals surface area contributed by atoms with Gasteiger partial charge < -0.3 is 5.32 Å². The van der Waals surface area contributed by atoms with Gasteiger partial charge in [0.05, 0.1) is 0 Å². The summed E-state index contributed by atoms with van der Waals surface area (Å²) in [6.07, 6.45) is 4.80. The first-order valence-corrected chi connectivity index (χ1v) is 7.39. The Kier molecular flexibility index (Phi) is 3.83. The highest BCUT2D eigenvalue weighted by Gasteiger charge is 2.29. The molecule has 1 heterocycles. The third kappa shape index (κ3) is 3.57. The summed E-state index contributed by atoms with van der Waals surface area (Å²) >= 11 is 0. The van der Waals surface area contributed by atoms with Crippen molar-refractivity contribution in [2.45, 2.75) is 38.8 Å². The second kappa shape index (κ2) is 5.74. The molecule has 0 bridgehead atoms. The average Bonchev–Trinajstić information content (AvgIpc) is 3.16. The number of hydrogen-bond acceptors (Lipinski definition) is 2. The Bertz CT molecular complexity index is 448. The van der Waals surface area contributed by atoms with Crippen LogP contribution >= 0.6 is 0 Å². The van der Waals surface area contributed by atoms with Gasteiger partial charge in [0, 0.05) is 19.0 Å². The van der Waals surface area contributed by atoms with Gasteiger partial charge in [0.15, 0.2) is 0 Å². The molecule has 1 saturated heterocycles. The predicted molar refractivity (Wildman–Crippen MR) is 75.5 cm³/mol. The first-order chi connectivity index (χ1) is 9.31. The van der Waals surface area contributed by atoms with Gasteiger partial charge in [-0.1, -0.05) is 24.3 Å². The summed E-state index contributed by atoms with van der Waals surface area (Å²) in [5.41, 5.74) is 2.57. The van der Waals surface area contributed by atoms with Crippen LogP contribution in [0, 0.1) is 5.92 Å². The molecule has 0 spiro atoms. The molecule has 1 aliphatic heterocycles. The van der Waals surface area contributed by atoms with Crippen molar-refractivity contribution in [3.8, 4) is 0 Å². The van der Waals surface area contributed by atoms with Gasteiger partial charge in [-0.25, -0.2) is 0 Å². The number of amides is 1. The van der Waals surface area contributed by atoms with Crippen molar-refractivity contribution in [1.29, 1.82) is 0 Å². The highest BCUT2D eigenvalue weighted by atomic mass is 16.2. The maximum atomic E-state index is 11.6. The third-order valence-electron chi connectivity index (χ3n) is 4.01. The fourth-order valence-electron chi connectivity index (χ4n) is 2.72. The summed E-state index contributed by atoms with van der Waals surface area (Å²) in [7, 11) is 0. The van der Waals surface area contributed by atoms with E-state index in [0.717, 1.165) is 19.4 Å². The van der Waals surface area contributed by atoms with E-state index >= 15 is 0 Å². The molecule has 1 aliphatic carbocycles. The number of benzene rings is 1. The molecule has 1 aromatic rings. The van der Waals surface area contributed by atoms with Crippen LogP contribution in [0.25, 0.3) is 0 Å².